The second-order valence-electron chi connectivity index (χ2n) is 2.99. The molecule has 0 amide bonds. The van der Waals surface area contributed by atoms with Crippen LogP contribution in [0.4, 0.5) is 0 Å². The summed E-state index contributed by atoms with van der Waals surface area (Å²) in [5.74, 6) is 0. The van der Waals surface area contributed by atoms with Gasteiger partial charge in [-0.15, -0.1) is 18.3 Å². The molecule has 0 radical (unpaired) electrons. The van der Waals surface area contributed by atoms with Crippen molar-refractivity contribution in [3.63, 3.8) is 0 Å². The summed E-state index contributed by atoms with van der Waals surface area (Å²) in [6, 6.07) is 10.5. The Labute approximate surface area is 85.1 Å². The van der Waals surface area contributed by atoms with Crippen molar-refractivity contribution in [1.82, 2.24) is 0 Å². The highest BCUT2D eigenvalue weighted by Gasteiger charge is 2.03. The molecular weight excluding hydrogens is 176 g/mol. The van der Waals surface area contributed by atoms with E-state index < -0.39 is 0 Å². The molecule has 1 atom stereocenters. The van der Waals surface area contributed by atoms with E-state index in [1.807, 2.05) is 23.9 Å². The summed E-state index contributed by atoms with van der Waals surface area (Å²) in [5.41, 5.74) is 0. The van der Waals surface area contributed by atoms with E-state index in [1.54, 1.807) is 0 Å². The lowest BCUT2D eigenvalue weighted by Gasteiger charge is -2.09. The number of rotatable bonds is 5. The molecule has 0 spiro atoms. The zero-order valence-corrected chi connectivity index (χ0v) is 8.89. The molecule has 0 nitrogen and oxygen atoms in total. The highest BCUT2D eigenvalue weighted by molar-refractivity contribution is 8.00. The molecule has 0 aromatic heterocycles. The Bertz CT molecular complexity index is 241. The normalized spacial score (nSPS) is 12.4. The van der Waals surface area contributed by atoms with Crippen LogP contribution in [0.3, 0.4) is 0 Å². The van der Waals surface area contributed by atoms with Gasteiger partial charge in [0.15, 0.2) is 0 Å². The van der Waals surface area contributed by atoms with Gasteiger partial charge < -0.3 is 0 Å². The summed E-state index contributed by atoms with van der Waals surface area (Å²) >= 11 is 1.90. The molecule has 1 aromatic rings. The van der Waals surface area contributed by atoms with Crippen molar-refractivity contribution in [2.45, 2.75) is 29.9 Å². The van der Waals surface area contributed by atoms with Gasteiger partial charge in [-0.1, -0.05) is 37.6 Å². The van der Waals surface area contributed by atoms with Crippen LogP contribution in [0.1, 0.15) is 19.8 Å². The van der Waals surface area contributed by atoms with Crippen molar-refractivity contribution < 1.29 is 0 Å². The first-order valence-corrected chi connectivity index (χ1v) is 5.59. The Morgan fingerprint density at radius 2 is 2.08 bits per heavy atom. The topological polar surface area (TPSA) is 0 Å². The van der Waals surface area contributed by atoms with Crippen molar-refractivity contribution in [1.29, 1.82) is 0 Å². The molecule has 1 heteroatoms. The number of thioether (sulfide) groups is 1. The predicted octanol–water partition coefficient (Wildman–Crippen LogP) is 4.13. The van der Waals surface area contributed by atoms with Crippen LogP contribution in [0.15, 0.2) is 47.9 Å². The van der Waals surface area contributed by atoms with Crippen LogP contribution in [-0.2, 0) is 0 Å². The number of benzene rings is 1. The van der Waals surface area contributed by atoms with Crippen LogP contribution in [0, 0.1) is 0 Å². The van der Waals surface area contributed by atoms with Crippen molar-refractivity contribution in [2.24, 2.45) is 0 Å². The van der Waals surface area contributed by atoms with Gasteiger partial charge >= 0.3 is 0 Å². The molecule has 1 rings (SSSR count). The Morgan fingerprint density at radius 3 is 2.62 bits per heavy atom. The quantitative estimate of drug-likeness (QED) is 0.499. The van der Waals surface area contributed by atoms with Gasteiger partial charge in [-0.25, -0.2) is 0 Å². The lowest BCUT2D eigenvalue weighted by molar-refractivity contribution is 0.828. The van der Waals surface area contributed by atoms with E-state index in [1.165, 1.54) is 17.7 Å². The minimum atomic E-state index is 0.562. The van der Waals surface area contributed by atoms with E-state index in [0.29, 0.717) is 5.25 Å². The van der Waals surface area contributed by atoms with Gasteiger partial charge in [0.05, 0.1) is 0 Å². The smallest absolute Gasteiger partial charge is 0.0271 e. The zero-order chi connectivity index (χ0) is 9.52. The van der Waals surface area contributed by atoms with Gasteiger partial charge in [0, 0.05) is 10.1 Å². The van der Waals surface area contributed by atoms with Gasteiger partial charge in [-0.05, 0) is 18.6 Å². The molecule has 0 aliphatic heterocycles. The van der Waals surface area contributed by atoms with E-state index in [4.69, 9.17) is 0 Å². The van der Waals surface area contributed by atoms with Gasteiger partial charge in [0.2, 0.25) is 0 Å². The fraction of sp³-hybridized carbons (Fsp3) is 0.333. The second-order valence-corrected chi connectivity index (χ2v) is 4.31. The standard InChI is InChI=1S/C12H16S/c1-3-8-11(4-2)13-12-9-6-5-7-10-12/h4-7,9-11H,2-3,8H2,1H3. The molecule has 0 bridgehead atoms. The number of hydrogen-bond donors (Lipinski definition) is 0. The molecule has 70 valence electrons. The summed E-state index contributed by atoms with van der Waals surface area (Å²) in [4.78, 5) is 1.33. The Morgan fingerprint density at radius 1 is 1.38 bits per heavy atom. The summed E-state index contributed by atoms with van der Waals surface area (Å²) in [6.45, 7) is 6.07. The van der Waals surface area contributed by atoms with E-state index >= 15 is 0 Å². The Balaban J connectivity index is 2.51. The van der Waals surface area contributed by atoms with Crippen LogP contribution in [0.25, 0.3) is 0 Å². The summed E-state index contributed by atoms with van der Waals surface area (Å²) in [7, 11) is 0. The molecule has 0 fully saturated rings. The first kappa shape index (κ1) is 10.4. The van der Waals surface area contributed by atoms with Crippen molar-refractivity contribution in [2.75, 3.05) is 0 Å². The highest BCUT2D eigenvalue weighted by atomic mass is 32.2. The fourth-order valence-electron chi connectivity index (χ4n) is 1.18. The van der Waals surface area contributed by atoms with Crippen LogP contribution >= 0.6 is 11.8 Å². The summed E-state index contributed by atoms with van der Waals surface area (Å²) in [5, 5.41) is 0.562. The summed E-state index contributed by atoms with van der Waals surface area (Å²) in [6.07, 6.45) is 4.47. The highest BCUT2D eigenvalue weighted by Crippen LogP contribution is 2.26. The van der Waals surface area contributed by atoms with Crippen LogP contribution in [0.5, 0.6) is 0 Å². The first-order valence-electron chi connectivity index (χ1n) is 4.71. The fourth-order valence-corrected chi connectivity index (χ4v) is 2.30. The SMILES string of the molecule is C=CC(CCC)Sc1ccccc1. The molecule has 0 saturated heterocycles. The minimum absolute atomic E-state index is 0.562. The maximum Gasteiger partial charge on any atom is 0.0271 e. The average molecular weight is 192 g/mol. The van der Waals surface area contributed by atoms with E-state index in [9.17, 15) is 0 Å². The maximum atomic E-state index is 3.85. The van der Waals surface area contributed by atoms with Gasteiger partial charge in [0.1, 0.15) is 0 Å². The molecule has 13 heavy (non-hydrogen) atoms. The third kappa shape index (κ3) is 3.69. The number of hydrogen-bond acceptors (Lipinski definition) is 1. The van der Waals surface area contributed by atoms with E-state index in [0.717, 1.165) is 0 Å². The largest absolute Gasteiger partial charge is 0.119 e. The van der Waals surface area contributed by atoms with Crippen LogP contribution in [0.2, 0.25) is 0 Å². The van der Waals surface area contributed by atoms with Crippen LogP contribution < -0.4 is 0 Å². The minimum Gasteiger partial charge on any atom is -0.119 e. The second kappa shape index (κ2) is 5.87. The Kier molecular flexibility index (Phi) is 4.69. The third-order valence-electron chi connectivity index (χ3n) is 1.87. The molecule has 1 unspecified atom stereocenters. The molecule has 0 saturated carbocycles. The van der Waals surface area contributed by atoms with Crippen molar-refractivity contribution in [3.05, 3.63) is 43.0 Å². The van der Waals surface area contributed by atoms with Gasteiger partial charge in [-0.2, -0.15) is 0 Å². The van der Waals surface area contributed by atoms with Crippen molar-refractivity contribution in [3.8, 4) is 0 Å². The first-order chi connectivity index (χ1) is 6.36. The molecule has 0 aliphatic rings. The lowest BCUT2D eigenvalue weighted by Crippen LogP contribution is -1.95. The predicted molar refractivity (Wildman–Crippen MR) is 61.2 cm³/mol. The third-order valence-corrected chi connectivity index (χ3v) is 3.14. The molecule has 0 N–H and O–H groups in total. The maximum absolute atomic E-state index is 3.85. The van der Waals surface area contributed by atoms with Gasteiger partial charge in [-0.3, -0.25) is 0 Å². The average Bonchev–Trinajstić information content (AvgIpc) is 2.19. The van der Waals surface area contributed by atoms with E-state index in [2.05, 4.69) is 37.8 Å². The van der Waals surface area contributed by atoms with Crippen molar-refractivity contribution >= 4 is 11.8 Å². The van der Waals surface area contributed by atoms with E-state index in [-0.39, 0.29) is 0 Å². The molecular formula is C12H16S. The molecule has 0 aliphatic carbocycles. The van der Waals surface area contributed by atoms with Gasteiger partial charge in [0.25, 0.3) is 0 Å². The summed E-state index contributed by atoms with van der Waals surface area (Å²) < 4.78 is 0. The molecule has 0 heterocycles. The monoisotopic (exact) mass is 192 g/mol. The Hall–Kier alpha value is -0.690. The molecule has 1 aromatic carbocycles. The zero-order valence-electron chi connectivity index (χ0n) is 8.07. The lowest BCUT2D eigenvalue weighted by atomic mass is 10.2. The van der Waals surface area contributed by atoms with Crippen LogP contribution in [-0.4, -0.2) is 5.25 Å².